The Kier molecular flexibility index (Phi) is 2.87. The van der Waals surface area contributed by atoms with Crippen molar-refractivity contribution in [1.82, 2.24) is 0 Å². The lowest BCUT2D eigenvalue weighted by Gasteiger charge is -1.86. The number of hydrogen-bond acceptors (Lipinski definition) is 2. The molecule has 0 fully saturated rings. The molecule has 0 nitrogen and oxygen atoms in total. The highest BCUT2D eigenvalue weighted by Crippen LogP contribution is 2.09. The van der Waals surface area contributed by atoms with E-state index in [1.165, 1.54) is 4.88 Å². The summed E-state index contributed by atoms with van der Waals surface area (Å²) < 4.78 is 0. The van der Waals surface area contributed by atoms with Gasteiger partial charge in [-0.3, -0.25) is 0 Å². The van der Waals surface area contributed by atoms with Crippen LogP contribution < -0.4 is 0 Å². The van der Waals surface area contributed by atoms with Gasteiger partial charge in [0.1, 0.15) is 0 Å². The zero-order chi connectivity index (χ0) is 6.53. The van der Waals surface area contributed by atoms with Crippen molar-refractivity contribution in [2.45, 2.75) is 12.8 Å². The van der Waals surface area contributed by atoms with E-state index < -0.39 is 0 Å². The molecule has 0 unspecified atom stereocenters. The lowest BCUT2D eigenvalue weighted by molar-refractivity contribution is 1.10. The highest BCUT2D eigenvalue weighted by atomic mass is 32.1. The minimum Gasteiger partial charge on any atom is -0.149 e. The van der Waals surface area contributed by atoms with Crippen molar-refractivity contribution in [2.75, 3.05) is 0 Å². The van der Waals surface area contributed by atoms with E-state index in [1.807, 2.05) is 0 Å². The van der Waals surface area contributed by atoms with Gasteiger partial charge in [0.15, 0.2) is 0 Å². The van der Waals surface area contributed by atoms with E-state index >= 15 is 0 Å². The third-order valence-corrected chi connectivity index (χ3v) is 2.19. The van der Waals surface area contributed by atoms with Gasteiger partial charge in [-0.05, 0) is 24.3 Å². The second-order valence-corrected chi connectivity index (χ2v) is 3.04. The summed E-state index contributed by atoms with van der Waals surface area (Å²) >= 11 is 6.36. The quantitative estimate of drug-likeness (QED) is 0.604. The second-order valence-electron chi connectivity index (χ2n) is 1.72. The predicted molar refractivity (Wildman–Crippen MR) is 45.2 cm³/mol. The van der Waals surface area contributed by atoms with Crippen LogP contribution >= 0.6 is 23.6 Å². The van der Waals surface area contributed by atoms with Gasteiger partial charge >= 0.3 is 0 Å². The van der Waals surface area contributed by atoms with Crippen molar-refractivity contribution in [1.29, 1.82) is 0 Å². The Morgan fingerprint density at radius 2 is 2.56 bits per heavy atom. The van der Waals surface area contributed by atoms with Gasteiger partial charge in [0, 0.05) is 10.2 Å². The largest absolute Gasteiger partial charge is 0.149 e. The molecule has 0 aliphatic rings. The molecule has 1 aromatic rings. The molecule has 0 aliphatic carbocycles. The molecular formula is C7H7S2. The zero-order valence-corrected chi connectivity index (χ0v) is 6.60. The smallest absolute Gasteiger partial charge is 0.0295 e. The molecule has 0 bridgehead atoms. The molecule has 0 atom stereocenters. The lowest BCUT2D eigenvalue weighted by atomic mass is 10.3. The molecule has 1 heterocycles. The normalized spacial score (nSPS) is 9.33. The standard InChI is InChI=1S/C7H7S2/c8-5-1-3-7-4-2-6-9-7/h2,4,6H,1,3H2. The van der Waals surface area contributed by atoms with E-state index in [2.05, 4.69) is 35.1 Å². The highest BCUT2D eigenvalue weighted by Gasteiger charge is 1.89. The van der Waals surface area contributed by atoms with Gasteiger partial charge in [0.2, 0.25) is 0 Å². The Labute approximate surface area is 64.5 Å². The summed E-state index contributed by atoms with van der Waals surface area (Å²) in [5, 5.41) is 4.78. The number of thiophene rings is 1. The fourth-order valence-corrected chi connectivity index (χ4v) is 1.44. The molecule has 47 valence electrons. The molecule has 0 aromatic carbocycles. The first-order valence-corrected chi connectivity index (χ1v) is 4.09. The molecule has 0 amide bonds. The Morgan fingerprint density at radius 1 is 1.67 bits per heavy atom. The van der Waals surface area contributed by atoms with E-state index in [0.29, 0.717) is 0 Å². The first-order valence-electron chi connectivity index (χ1n) is 2.81. The Morgan fingerprint density at radius 3 is 3.11 bits per heavy atom. The molecule has 0 saturated carbocycles. The van der Waals surface area contributed by atoms with Crippen molar-refractivity contribution in [3.8, 4) is 0 Å². The van der Waals surface area contributed by atoms with Crippen molar-refractivity contribution >= 4 is 28.9 Å². The lowest BCUT2D eigenvalue weighted by Crippen LogP contribution is -1.77. The molecule has 0 N–H and O–H groups in total. The molecule has 1 aromatic heterocycles. The fraction of sp³-hybridized carbons (Fsp3) is 0.286. The van der Waals surface area contributed by atoms with E-state index in [-0.39, 0.29) is 0 Å². The topological polar surface area (TPSA) is 0 Å². The van der Waals surface area contributed by atoms with Crippen molar-refractivity contribution < 1.29 is 0 Å². The maximum Gasteiger partial charge on any atom is 0.0295 e. The summed E-state index contributed by atoms with van der Waals surface area (Å²) in [4.78, 5) is 1.40. The van der Waals surface area contributed by atoms with E-state index in [9.17, 15) is 0 Å². The van der Waals surface area contributed by atoms with Gasteiger partial charge in [-0.1, -0.05) is 18.3 Å². The van der Waals surface area contributed by atoms with Gasteiger partial charge in [-0.2, -0.15) is 0 Å². The predicted octanol–water partition coefficient (Wildman–Crippen LogP) is 2.56. The summed E-state index contributed by atoms with van der Waals surface area (Å²) in [6.45, 7) is 0. The summed E-state index contributed by atoms with van der Waals surface area (Å²) in [5.74, 6) is 0. The van der Waals surface area contributed by atoms with Crippen LogP contribution in [-0.4, -0.2) is 5.37 Å². The summed E-state index contributed by atoms with van der Waals surface area (Å²) in [5.41, 5.74) is 0. The Bertz CT molecular complexity index is 165. The van der Waals surface area contributed by atoms with E-state index in [0.717, 1.165) is 12.8 Å². The first kappa shape index (κ1) is 6.90. The molecule has 1 rings (SSSR count). The van der Waals surface area contributed by atoms with Gasteiger partial charge in [-0.25, -0.2) is 0 Å². The number of thiocarbonyl (C=S) groups is 1. The van der Waals surface area contributed by atoms with Crippen molar-refractivity contribution in [3.63, 3.8) is 0 Å². The van der Waals surface area contributed by atoms with Crippen LogP contribution in [0.3, 0.4) is 0 Å². The van der Waals surface area contributed by atoms with Crippen LogP contribution in [0.1, 0.15) is 11.3 Å². The highest BCUT2D eigenvalue weighted by molar-refractivity contribution is 7.78. The number of rotatable bonds is 3. The minimum absolute atomic E-state index is 0.899. The number of aryl methyl sites for hydroxylation is 1. The zero-order valence-electron chi connectivity index (χ0n) is 4.96. The van der Waals surface area contributed by atoms with Crippen LogP contribution in [0.25, 0.3) is 0 Å². The van der Waals surface area contributed by atoms with Crippen molar-refractivity contribution in [2.24, 2.45) is 0 Å². The van der Waals surface area contributed by atoms with Crippen LogP contribution in [0.15, 0.2) is 17.5 Å². The monoisotopic (exact) mass is 155 g/mol. The summed E-state index contributed by atoms with van der Waals surface area (Å²) in [6.07, 6.45) is 1.96. The fourth-order valence-electron chi connectivity index (χ4n) is 0.629. The third kappa shape index (κ3) is 2.24. The average molecular weight is 155 g/mol. The maximum atomic E-state index is 4.58. The molecule has 1 radical (unpaired) electrons. The number of hydrogen-bond donors (Lipinski definition) is 0. The second kappa shape index (κ2) is 3.75. The molecular weight excluding hydrogens is 148 g/mol. The molecule has 0 saturated heterocycles. The third-order valence-electron chi connectivity index (χ3n) is 1.05. The molecule has 0 aliphatic heterocycles. The summed E-state index contributed by atoms with van der Waals surface area (Å²) in [7, 11) is 0. The van der Waals surface area contributed by atoms with Crippen LogP contribution in [0.4, 0.5) is 0 Å². The first-order chi connectivity index (χ1) is 4.43. The van der Waals surface area contributed by atoms with Gasteiger partial charge in [-0.15, -0.1) is 11.3 Å². The average Bonchev–Trinajstić information content (AvgIpc) is 2.34. The molecule has 2 heteroatoms. The minimum atomic E-state index is 0.899. The van der Waals surface area contributed by atoms with E-state index in [4.69, 9.17) is 0 Å². The SMILES string of the molecule is S=[C]CCc1cccs1. The maximum absolute atomic E-state index is 4.58. The van der Waals surface area contributed by atoms with E-state index in [1.54, 1.807) is 11.3 Å². The Balaban J connectivity index is 2.38. The molecule has 9 heavy (non-hydrogen) atoms. The van der Waals surface area contributed by atoms with Gasteiger partial charge in [0.25, 0.3) is 0 Å². The van der Waals surface area contributed by atoms with Crippen LogP contribution in [0.5, 0.6) is 0 Å². The Hall–Kier alpha value is -0.210. The molecule has 0 spiro atoms. The van der Waals surface area contributed by atoms with Crippen LogP contribution in [0.2, 0.25) is 0 Å². The van der Waals surface area contributed by atoms with Crippen LogP contribution in [0, 0.1) is 0 Å². The van der Waals surface area contributed by atoms with Gasteiger partial charge < -0.3 is 0 Å². The summed E-state index contributed by atoms with van der Waals surface area (Å²) in [6, 6.07) is 4.18. The van der Waals surface area contributed by atoms with Crippen molar-refractivity contribution in [3.05, 3.63) is 22.4 Å². The van der Waals surface area contributed by atoms with Gasteiger partial charge in [0.05, 0.1) is 0 Å². The van der Waals surface area contributed by atoms with Crippen LogP contribution in [-0.2, 0) is 6.42 Å².